The van der Waals surface area contributed by atoms with E-state index in [0.717, 1.165) is 25.5 Å². The van der Waals surface area contributed by atoms with Crippen molar-refractivity contribution >= 4 is 6.29 Å². The van der Waals surface area contributed by atoms with Crippen molar-refractivity contribution in [1.29, 1.82) is 0 Å². The van der Waals surface area contributed by atoms with Crippen LogP contribution in [0.1, 0.15) is 130 Å². The zero-order chi connectivity index (χ0) is 18.6. The number of rotatable bonds is 19. The molecule has 0 spiro atoms. The van der Waals surface area contributed by atoms with Gasteiger partial charge in [0.05, 0.1) is 0 Å². The van der Waals surface area contributed by atoms with Gasteiger partial charge in [0.2, 0.25) is 0 Å². The van der Waals surface area contributed by atoms with Crippen LogP contribution < -0.4 is 0 Å². The molecule has 0 rings (SSSR count). The van der Waals surface area contributed by atoms with E-state index in [-0.39, 0.29) is 5.41 Å². The van der Waals surface area contributed by atoms with Gasteiger partial charge < -0.3 is 4.79 Å². The first-order valence-electron chi connectivity index (χ1n) is 11.4. The van der Waals surface area contributed by atoms with Crippen molar-refractivity contribution in [2.45, 2.75) is 130 Å². The lowest BCUT2D eigenvalue weighted by atomic mass is 9.83. The van der Waals surface area contributed by atoms with Crippen molar-refractivity contribution in [2.24, 2.45) is 5.41 Å². The standard InChI is InChI=1S/C24H46O/c1-4-7-8-9-10-11-12-13-14-15-16-17-18-19-20-21-22-24(5-2,6-3)23-25/h21-23H,4-20H2,1-3H3. The molecule has 0 atom stereocenters. The van der Waals surface area contributed by atoms with Gasteiger partial charge in [-0.25, -0.2) is 0 Å². The van der Waals surface area contributed by atoms with E-state index in [1.165, 1.54) is 89.9 Å². The number of aldehydes is 1. The molecule has 0 saturated heterocycles. The molecule has 0 radical (unpaired) electrons. The van der Waals surface area contributed by atoms with Gasteiger partial charge in [-0.05, 0) is 25.7 Å². The van der Waals surface area contributed by atoms with Gasteiger partial charge in [0.25, 0.3) is 0 Å². The minimum Gasteiger partial charge on any atom is -0.302 e. The van der Waals surface area contributed by atoms with Gasteiger partial charge >= 0.3 is 0 Å². The summed E-state index contributed by atoms with van der Waals surface area (Å²) in [5, 5.41) is 0. The minimum atomic E-state index is -0.198. The van der Waals surface area contributed by atoms with Crippen LogP contribution in [0.25, 0.3) is 0 Å². The van der Waals surface area contributed by atoms with E-state index in [1.54, 1.807) is 0 Å². The van der Waals surface area contributed by atoms with Crippen molar-refractivity contribution in [3.63, 3.8) is 0 Å². The van der Waals surface area contributed by atoms with Crippen molar-refractivity contribution in [1.82, 2.24) is 0 Å². The average Bonchev–Trinajstić information content (AvgIpc) is 2.65. The summed E-state index contributed by atoms with van der Waals surface area (Å²) in [6.07, 6.45) is 28.2. The summed E-state index contributed by atoms with van der Waals surface area (Å²) >= 11 is 0. The molecule has 0 unspecified atom stereocenters. The van der Waals surface area contributed by atoms with Crippen LogP contribution in [0.3, 0.4) is 0 Å². The third-order valence-electron chi connectivity index (χ3n) is 5.73. The van der Waals surface area contributed by atoms with Gasteiger partial charge in [0.15, 0.2) is 0 Å². The van der Waals surface area contributed by atoms with Crippen LogP contribution >= 0.6 is 0 Å². The minimum absolute atomic E-state index is 0.198. The van der Waals surface area contributed by atoms with E-state index in [2.05, 4.69) is 32.9 Å². The molecule has 0 aliphatic heterocycles. The molecule has 0 aliphatic rings. The Morgan fingerprint density at radius 2 is 1.00 bits per heavy atom. The molecule has 0 heterocycles. The Morgan fingerprint density at radius 1 is 0.600 bits per heavy atom. The van der Waals surface area contributed by atoms with Gasteiger partial charge in [-0.2, -0.15) is 0 Å². The van der Waals surface area contributed by atoms with Gasteiger partial charge in [-0.1, -0.05) is 116 Å². The van der Waals surface area contributed by atoms with E-state index >= 15 is 0 Å². The van der Waals surface area contributed by atoms with Crippen LogP contribution in [0.4, 0.5) is 0 Å². The van der Waals surface area contributed by atoms with E-state index in [1.807, 2.05) is 0 Å². The summed E-state index contributed by atoms with van der Waals surface area (Å²) in [6.45, 7) is 6.50. The monoisotopic (exact) mass is 350 g/mol. The molecular formula is C24H46O. The summed E-state index contributed by atoms with van der Waals surface area (Å²) in [6, 6.07) is 0. The summed E-state index contributed by atoms with van der Waals surface area (Å²) < 4.78 is 0. The fourth-order valence-electron chi connectivity index (χ4n) is 3.47. The predicted octanol–water partition coefficient (Wildman–Crippen LogP) is 8.42. The highest BCUT2D eigenvalue weighted by molar-refractivity contribution is 5.62. The quantitative estimate of drug-likeness (QED) is 0.130. The van der Waals surface area contributed by atoms with E-state index in [4.69, 9.17) is 0 Å². The van der Waals surface area contributed by atoms with Crippen molar-refractivity contribution in [3.05, 3.63) is 12.2 Å². The third-order valence-corrected chi connectivity index (χ3v) is 5.73. The van der Waals surface area contributed by atoms with Gasteiger partial charge in [0.1, 0.15) is 6.29 Å². The number of unbranched alkanes of at least 4 members (excludes halogenated alkanes) is 14. The highest BCUT2D eigenvalue weighted by Crippen LogP contribution is 2.25. The van der Waals surface area contributed by atoms with Gasteiger partial charge in [-0.3, -0.25) is 0 Å². The first-order valence-corrected chi connectivity index (χ1v) is 11.4. The lowest BCUT2D eigenvalue weighted by molar-refractivity contribution is -0.114. The molecule has 0 aromatic heterocycles. The topological polar surface area (TPSA) is 17.1 Å². The number of carbonyl (C=O) groups excluding carboxylic acids is 1. The molecule has 0 aliphatic carbocycles. The molecule has 0 aromatic carbocycles. The summed E-state index contributed by atoms with van der Waals surface area (Å²) in [7, 11) is 0. The molecule has 0 bridgehead atoms. The third kappa shape index (κ3) is 14.3. The van der Waals surface area contributed by atoms with Gasteiger partial charge in [-0.15, -0.1) is 0 Å². The number of allylic oxidation sites excluding steroid dienone is 2. The first kappa shape index (κ1) is 24.4. The lowest BCUT2D eigenvalue weighted by Gasteiger charge is -2.19. The lowest BCUT2D eigenvalue weighted by Crippen LogP contribution is -2.17. The van der Waals surface area contributed by atoms with E-state index in [9.17, 15) is 4.79 Å². The molecule has 0 N–H and O–H groups in total. The largest absolute Gasteiger partial charge is 0.302 e. The predicted molar refractivity (Wildman–Crippen MR) is 113 cm³/mol. The molecule has 0 saturated carbocycles. The highest BCUT2D eigenvalue weighted by Gasteiger charge is 2.20. The maximum atomic E-state index is 11.2. The van der Waals surface area contributed by atoms with Crippen LogP contribution in [-0.2, 0) is 4.79 Å². The smallest absolute Gasteiger partial charge is 0.129 e. The molecule has 1 nitrogen and oxygen atoms in total. The zero-order valence-corrected chi connectivity index (χ0v) is 17.7. The van der Waals surface area contributed by atoms with E-state index in [0.29, 0.717) is 0 Å². The molecule has 0 aromatic rings. The zero-order valence-electron chi connectivity index (χ0n) is 17.7. The van der Waals surface area contributed by atoms with Crippen LogP contribution in [-0.4, -0.2) is 6.29 Å². The molecular weight excluding hydrogens is 304 g/mol. The van der Waals surface area contributed by atoms with E-state index < -0.39 is 0 Å². The fourth-order valence-corrected chi connectivity index (χ4v) is 3.47. The maximum Gasteiger partial charge on any atom is 0.129 e. The number of carbonyl (C=O) groups is 1. The highest BCUT2D eigenvalue weighted by atomic mass is 16.1. The average molecular weight is 351 g/mol. The van der Waals surface area contributed by atoms with Crippen molar-refractivity contribution in [2.75, 3.05) is 0 Å². The number of hydrogen-bond donors (Lipinski definition) is 0. The molecule has 0 fully saturated rings. The Labute approximate surface area is 159 Å². The van der Waals surface area contributed by atoms with Crippen LogP contribution in [0.15, 0.2) is 12.2 Å². The maximum absolute atomic E-state index is 11.2. The molecule has 148 valence electrons. The second-order valence-corrected chi connectivity index (χ2v) is 7.85. The van der Waals surface area contributed by atoms with Crippen LogP contribution in [0.2, 0.25) is 0 Å². The number of hydrogen-bond acceptors (Lipinski definition) is 1. The fraction of sp³-hybridized carbons (Fsp3) is 0.875. The SMILES string of the molecule is CCCCCCCCCCCCCCCCC=CC(C=O)(CC)CC. The van der Waals surface area contributed by atoms with Crippen molar-refractivity contribution in [3.8, 4) is 0 Å². The Balaban J connectivity index is 3.33. The molecule has 0 amide bonds. The second kappa shape index (κ2) is 18.2. The Hall–Kier alpha value is -0.590. The van der Waals surface area contributed by atoms with Crippen LogP contribution in [0, 0.1) is 5.41 Å². The Morgan fingerprint density at radius 3 is 1.36 bits per heavy atom. The second-order valence-electron chi connectivity index (χ2n) is 7.85. The summed E-state index contributed by atoms with van der Waals surface area (Å²) in [5.74, 6) is 0. The molecule has 1 heteroatoms. The Kier molecular flexibility index (Phi) is 17.8. The first-order chi connectivity index (χ1) is 12.2. The van der Waals surface area contributed by atoms with Gasteiger partial charge in [0, 0.05) is 5.41 Å². The van der Waals surface area contributed by atoms with Crippen LogP contribution in [0.5, 0.6) is 0 Å². The molecule has 25 heavy (non-hydrogen) atoms. The summed E-state index contributed by atoms with van der Waals surface area (Å²) in [5.41, 5.74) is -0.198. The normalized spacial score (nSPS) is 12.1. The Bertz CT molecular complexity index is 301. The summed E-state index contributed by atoms with van der Waals surface area (Å²) in [4.78, 5) is 11.2. The van der Waals surface area contributed by atoms with Crippen molar-refractivity contribution < 1.29 is 4.79 Å².